The summed E-state index contributed by atoms with van der Waals surface area (Å²) in [6.07, 6.45) is 0. The van der Waals surface area contributed by atoms with Gasteiger partial charge >= 0.3 is 0 Å². The van der Waals surface area contributed by atoms with Crippen LogP contribution in [0.15, 0.2) is 24.3 Å². The first-order chi connectivity index (χ1) is 7.22. The largest absolute Gasteiger partial charge is 0.325 e. The highest BCUT2D eigenvalue weighted by Crippen LogP contribution is 2.10. The van der Waals surface area contributed by atoms with Gasteiger partial charge in [0.05, 0.1) is 5.75 Å². The molecule has 0 spiro atoms. The number of amides is 1. The lowest BCUT2D eigenvalue weighted by Gasteiger charge is -2.05. The predicted molar refractivity (Wildman–Crippen MR) is 70.9 cm³/mol. The number of carbonyl (C=O) groups is 1. The van der Waals surface area contributed by atoms with Crippen LogP contribution in [0.2, 0.25) is 0 Å². The number of thioether (sulfide) groups is 1. The van der Waals surface area contributed by atoms with Crippen molar-refractivity contribution in [2.45, 2.75) is 6.92 Å². The second kappa shape index (κ2) is 6.90. The molecule has 0 aliphatic heterocycles. The monoisotopic (exact) mass is 287 g/mol. The molecule has 0 bridgehead atoms. The molecule has 1 aromatic rings. The second-order valence-corrected chi connectivity index (χ2v) is 5.06. The van der Waals surface area contributed by atoms with Crippen molar-refractivity contribution in [1.29, 1.82) is 0 Å². The van der Waals surface area contributed by atoms with Crippen LogP contribution in [0.1, 0.15) is 5.56 Å². The maximum Gasteiger partial charge on any atom is 0.234 e. The Balaban J connectivity index is 2.37. The summed E-state index contributed by atoms with van der Waals surface area (Å²) in [5.74, 6) is 1.53. The van der Waals surface area contributed by atoms with Crippen molar-refractivity contribution >= 4 is 39.3 Å². The number of aryl methyl sites for hydroxylation is 1. The fraction of sp³-hybridized carbons (Fsp3) is 0.364. The molecule has 4 heteroatoms. The lowest BCUT2D eigenvalue weighted by atomic mass is 10.2. The van der Waals surface area contributed by atoms with E-state index in [1.54, 1.807) is 11.8 Å². The first-order valence-electron chi connectivity index (χ1n) is 4.72. The number of hydrogen-bond acceptors (Lipinski definition) is 2. The van der Waals surface area contributed by atoms with Gasteiger partial charge in [-0.15, -0.1) is 0 Å². The van der Waals surface area contributed by atoms with Gasteiger partial charge in [-0.3, -0.25) is 4.79 Å². The average molecular weight is 288 g/mol. The molecule has 0 aromatic heterocycles. The van der Waals surface area contributed by atoms with Gasteiger partial charge in [0, 0.05) is 16.8 Å². The Labute approximate surface area is 103 Å². The molecule has 0 heterocycles. The number of hydrogen-bond donors (Lipinski definition) is 1. The Morgan fingerprint density at radius 3 is 3.00 bits per heavy atom. The number of carbonyl (C=O) groups excluding carboxylic acids is 1. The van der Waals surface area contributed by atoms with Crippen molar-refractivity contribution in [3.63, 3.8) is 0 Å². The molecule has 0 radical (unpaired) electrons. The molecule has 0 saturated heterocycles. The van der Waals surface area contributed by atoms with Crippen molar-refractivity contribution in [3.8, 4) is 0 Å². The Hall–Kier alpha value is -0.480. The van der Waals surface area contributed by atoms with Gasteiger partial charge in [0.1, 0.15) is 0 Å². The van der Waals surface area contributed by atoms with E-state index in [4.69, 9.17) is 0 Å². The van der Waals surface area contributed by atoms with Gasteiger partial charge in [0.15, 0.2) is 0 Å². The Kier molecular flexibility index (Phi) is 5.79. The molecule has 1 N–H and O–H groups in total. The van der Waals surface area contributed by atoms with Gasteiger partial charge < -0.3 is 5.32 Å². The van der Waals surface area contributed by atoms with Crippen LogP contribution in [-0.4, -0.2) is 22.7 Å². The normalized spacial score (nSPS) is 10.0. The van der Waals surface area contributed by atoms with Gasteiger partial charge in [-0.05, 0) is 24.6 Å². The van der Waals surface area contributed by atoms with Crippen LogP contribution < -0.4 is 5.32 Å². The topological polar surface area (TPSA) is 29.1 Å². The summed E-state index contributed by atoms with van der Waals surface area (Å²) in [7, 11) is 0. The van der Waals surface area contributed by atoms with E-state index in [1.165, 1.54) is 0 Å². The maximum absolute atomic E-state index is 11.5. The Bertz CT molecular complexity index is 330. The highest BCUT2D eigenvalue weighted by atomic mass is 79.9. The zero-order chi connectivity index (χ0) is 11.1. The lowest BCUT2D eigenvalue weighted by molar-refractivity contribution is -0.113. The summed E-state index contributed by atoms with van der Waals surface area (Å²) in [4.78, 5) is 11.5. The zero-order valence-electron chi connectivity index (χ0n) is 8.63. The van der Waals surface area contributed by atoms with Crippen LogP contribution in [0.4, 0.5) is 5.69 Å². The van der Waals surface area contributed by atoms with Crippen LogP contribution in [0.5, 0.6) is 0 Å². The second-order valence-electron chi connectivity index (χ2n) is 3.16. The number of alkyl halides is 1. The van der Waals surface area contributed by atoms with E-state index >= 15 is 0 Å². The number of anilines is 1. The zero-order valence-corrected chi connectivity index (χ0v) is 11.0. The first kappa shape index (κ1) is 12.6. The summed E-state index contributed by atoms with van der Waals surface area (Å²) < 4.78 is 0. The third-order valence-corrected chi connectivity index (χ3v) is 3.64. The third kappa shape index (κ3) is 5.23. The van der Waals surface area contributed by atoms with E-state index in [0.29, 0.717) is 5.75 Å². The van der Waals surface area contributed by atoms with Crippen molar-refractivity contribution in [2.24, 2.45) is 0 Å². The molecule has 1 amide bonds. The van der Waals surface area contributed by atoms with E-state index in [1.807, 2.05) is 31.2 Å². The van der Waals surface area contributed by atoms with E-state index < -0.39 is 0 Å². The molecule has 0 atom stereocenters. The summed E-state index contributed by atoms with van der Waals surface area (Å²) in [5.41, 5.74) is 2.03. The fourth-order valence-corrected chi connectivity index (χ4v) is 2.34. The van der Waals surface area contributed by atoms with Crippen molar-refractivity contribution in [2.75, 3.05) is 22.2 Å². The van der Waals surface area contributed by atoms with Crippen LogP contribution in [-0.2, 0) is 4.79 Å². The van der Waals surface area contributed by atoms with Crippen molar-refractivity contribution in [1.82, 2.24) is 0 Å². The highest BCUT2D eigenvalue weighted by Gasteiger charge is 2.01. The summed E-state index contributed by atoms with van der Waals surface area (Å²) in [6, 6.07) is 7.82. The van der Waals surface area contributed by atoms with E-state index in [-0.39, 0.29) is 5.91 Å². The van der Waals surface area contributed by atoms with Gasteiger partial charge in [-0.25, -0.2) is 0 Å². The fourth-order valence-electron chi connectivity index (χ4n) is 1.14. The number of nitrogens with one attached hydrogen (secondary N) is 1. The molecule has 1 aromatic carbocycles. The van der Waals surface area contributed by atoms with E-state index in [9.17, 15) is 4.79 Å². The molecule has 0 aliphatic rings. The molecule has 0 saturated carbocycles. The molecule has 1 rings (SSSR count). The van der Waals surface area contributed by atoms with E-state index in [0.717, 1.165) is 22.3 Å². The van der Waals surface area contributed by atoms with Gasteiger partial charge in [-0.2, -0.15) is 11.8 Å². The minimum atomic E-state index is 0.0616. The first-order valence-corrected chi connectivity index (χ1v) is 7.00. The standard InChI is InChI=1S/C11H14BrNOS/c1-9-3-2-4-10(7-9)13-11(14)8-15-6-5-12/h2-4,7H,5-6,8H2,1H3,(H,13,14). The van der Waals surface area contributed by atoms with Crippen LogP contribution in [0.25, 0.3) is 0 Å². The Morgan fingerprint density at radius 1 is 1.53 bits per heavy atom. The molecule has 0 fully saturated rings. The molecule has 0 unspecified atom stereocenters. The SMILES string of the molecule is Cc1cccc(NC(=O)CSCCBr)c1. The van der Waals surface area contributed by atoms with Crippen molar-refractivity contribution in [3.05, 3.63) is 29.8 Å². The lowest BCUT2D eigenvalue weighted by Crippen LogP contribution is -2.14. The van der Waals surface area contributed by atoms with Crippen LogP contribution in [0.3, 0.4) is 0 Å². The van der Waals surface area contributed by atoms with Crippen molar-refractivity contribution < 1.29 is 4.79 Å². The minimum absolute atomic E-state index is 0.0616. The van der Waals surface area contributed by atoms with Crippen LogP contribution >= 0.6 is 27.7 Å². The molecule has 2 nitrogen and oxygen atoms in total. The molecule has 0 aliphatic carbocycles. The summed E-state index contributed by atoms with van der Waals surface area (Å²) in [6.45, 7) is 2.01. The molecule has 82 valence electrons. The quantitative estimate of drug-likeness (QED) is 0.666. The minimum Gasteiger partial charge on any atom is -0.325 e. The predicted octanol–water partition coefficient (Wildman–Crippen LogP) is 3.06. The average Bonchev–Trinajstić information content (AvgIpc) is 2.18. The van der Waals surface area contributed by atoms with Gasteiger partial charge in [-0.1, -0.05) is 28.1 Å². The summed E-state index contributed by atoms with van der Waals surface area (Å²) in [5, 5.41) is 3.79. The number of benzene rings is 1. The van der Waals surface area contributed by atoms with Gasteiger partial charge in [0.25, 0.3) is 0 Å². The molecular formula is C11H14BrNOS. The molecular weight excluding hydrogens is 274 g/mol. The maximum atomic E-state index is 11.5. The van der Waals surface area contributed by atoms with Gasteiger partial charge in [0.2, 0.25) is 5.91 Å². The summed E-state index contributed by atoms with van der Waals surface area (Å²) >= 11 is 4.95. The number of rotatable bonds is 5. The smallest absolute Gasteiger partial charge is 0.234 e. The number of halogens is 1. The van der Waals surface area contributed by atoms with Crippen LogP contribution in [0, 0.1) is 6.92 Å². The Morgan fingerprint density at radius 2 is 2.33 bits per heavy atom. The van der Waals surface area contributed by atoms with E-state index in [2.05, 4.69) is 21.2 Å². The molecule has 15 heavy (non-hydrogen) atoms. The highest BCUT2D eigenvalue weighted by molar-refractivity contribution is 9.09. The third-order valence-electron chi connectivity index (χ3n) is 1.76.